The Balaban J connectivity index is 1.73. The van der Waals surface area contributed by atoms with Crippen molar-refractivity contribution < 1.29 is 4.79 Å². The molecule has 0 atom stereocenters. The van der Waals surface area contributed by atoms with Crippen molar-refractivity contribution in [2.45, 2.75) is 6.54 Å². The van der Waals surface area contributed by atoms with Crippen LogP contribution in [0.25, 0.3) is 11.2 Å². The van der Waals surface area contributed by atoms with Gasteiger partial charge in [-0.3, -0.25) is 18.7 Å². The van der Waals surface area contributed by atoms with Crippen LogP contribution < -0.4 is 16.6 Å². The highest BCUT2D eigenvalue weighted by Gasteiger charge is 2.15. The Hall–Kier alpha value is -3.31. The average molecular weight is 386 g/mol. The quantitative estimate of drug-likeness (QED) is 0.654. The van der Waals surface area contributed by atoms with Crippen LogP contribution in [-0.4, -0.2) is 31.1 Å². The van der Waals surface area contributed by atoms with E-state index in [4.69, 9.17) is 11.6 Å². The number of imidazole rings is 1. The molecule has 0 aliphatic rings. The Morgan fingerprint density at radius 3 is 2.70 bits per heavy atom. The van der Waals surface area contributed by atoms with E-state index in [1.54, 1.807) is 12.1 Å². The Morgan fingerprint density at radius 1 is 1.22 bits per heavy atom. The van der Waals surface area contributed by atoms with E-state index in [1.165, 1.54) is 29.6 Å². The molecule has 0 fully saturated rings. The maximum Gasteiger partial charge on any atom is 0.332 e. The van der Waals surface area contributed by atoms with Crippen molar-refractivity contribution in [3.8, 4) is 11.8 Å². The van der Waals surface area contributed by atoms with Gasteiger partial charge in [-0.2, -0.15) is 0 Å². The highest BCUT2D eigenvalue weighted by Crippen LogP contribution is 2.12. The molecular formula is C18H16ClN5O3. The van der Waals surface area contributed by atoms with Gasteiger partial charge in [0.05, 0.1) is 17.9 Å². The number of nitrogens with one attached hydrogen (secondary N) is 1. The van der Waals surface area contributed by atoms with Crippen molar-refractivity contribution in [3.05, 3.63) is 62.0 Å². The van der Waals surface area contributed by atoms with Gasteiger partial charge < -0.3 is 9.88 Å². The topological polar surface area (TPSA) is 90.9 Å². The molecule has 1 amide bonds. The van der Waals surface area contributed by atoms with Crippen LogP contribution in [0.4, 0.5) is 0 Å². The van der Waals surface area contributed by atoms with Crippen LogP contribution in [0.15, 0.2) is 40.2 Å². The number of rotatable bonds is 3. The van der Waals surface area contributed by atoms with Crippen LogP contribution in [0.3, 0.4) is 0 Å². The van der Waals surface area contributed by atoms with Gasteiger partial charge in [-0.15, -0.1) is 0 Å². The summed E-state index contributed by atoms with van der Waals surface area (Å²) >= 11 is 6.01. The molecule has 1 aromatic carbocycles. The number of fused-ring (bicyclic) bond motifs is 1. The molecule has 0 aliphatic heterocycles. The standard InChI is InChI=1S/C18H16ClN5O3/c1-22-16-15(17(26)23(2)18(22)27)24(11-21-16)10-14(25)20-9-5-7-12-6-3-4-8-13(12)19/h3-4,6,8,11H,9-10H2,1-2H3,(H,20,25). The van der Waals surface area contributed by atoms with Gasteiger partial charge in [0.2, 0.25) is 5.91 Å². The van der Waals surface area contributed by atoms with Crippen LogP contribution in [-0.2, 0) is 25.4 Å². The summed E-state index contributed by atoms with van der Waals surface area (Å²) in [6.45, 7) is 0.0187. The third-order valence-electron chi connectivity index (χ3n) is 4.00. The van der Waals surface area contributed by atoms with Crippen LogP contribution in [0.1, 0.15) is 5.56 Å². The molecule has 0 radical (unpaired) electrons. The molecule has 3 aromatic rings. The van der Waals surface area contributed by atoms with E-state index in [0.717, 1.165) is 4.57 Å². The van der Waals surface area contributed by atoms with Gasteiger partial charge in [-0.05, 0) is 12.1 Å². The minimum atomic E-state index is -0.503. The number of hydrogen-bond acceptors (Lipinski definition) is 4. The van der Waals surface area contributed by atoms with E-state index in [9.17, 15) is 14.4 Å². The molecule has 3 rings (SSSR count). The largest absolute Gasteiger partial charge is 0.344 e. The molecule has 0 saturated heterocycles. The molecule has 2 heterocycles. The predicted octanol–water partition coefficient (Wildman–Crippen LogP) is 0.255. The number of carbonyl (C=O) groups excluding carboxylic acids is 1. The van der Waals surface area contributed by atoms with Gasteiger partial charge in [0.15, 0.2) is 11.2 Å². The van der Waals surface area contributed by atoms with E-state index in [2.05, 4.69) is 22.1 Å². The number of nitrogens with zero attached hydrogens (tertiary/aromatic N) is 4. The Morgan fingerprint density at radius 2 is 1.96 bits per heavy atom. The SMILES string of the molecule is Cn1c(=O)c2c(ncn2CC(=O)NCC#Cc2ccccc2Cl)n(C)c1=O. The fraction of sp³-hybridized carbons (Fsp3) is 0.222. The molecule has 2 aromatic heterocycles. The van der Waals surface area contributed by atoms with Gasteiger partial charge in [0.25, 0.3) is 5.56 Å². The third-order valence-corrected chi connectivity index (χ3v) is 4.33. The number of carbonyl (C=O) groups is 1. The summed E-state index contributed by atoms with van der Waals surface area (Å²) < 4.78 is 3.65. The van der Waals surface area contributed by atoms with Crippen molar-refractivity contribution in [2.24, 2.45) is 14.1 Å². The molecule has 0 aliphatic carbocycles. The van der Waals surface area contributed by atoms with E-state index in [1.807, 2.05) is 12.1 Å². The van der Waals surface area contributed by atoms with Crippen molar-refractivity contribution in [3.63, 3.8) is 0 Å². The Kier molecular flexibility index (Phi) is 5.14. The lowest BCUT2D eigenvalue weighted by molar-refractivity contribution is -0.121. The second kappa shape index (κ2) is 7.51. The highest BCUT2D eigenvalue weighted by molar-refractivity contribution is 6.31. The van der Waals surface area contributed by atoms with E-state index < -0.39 is 11.2 Å². The minimum Gasteiger partial charge on any atom is -0.344 e. The third kappa shape index (κ3) is 3.64. The second-order valence-corrected chi connectivity index (χ2v) is 6.22. The van der Waals surface area contributed by atoms with Crippen molar-refractivity contribution in [2.75, 3.05) is 6.54 Å². The van der Waals surface area contributed by atoms with Crippen LogP contribution in [0.5, 0.6) is 0 Å². The van der Waals surface area contributed by atoms with Crippen molar-refractivity contribution >= 4 is 28.7 Å². The zero-order valence-electron chi connectivity index (χ0n) is 14.7. The number of aryl methyl sites for hydroxylation is 1. The number of aromatic nitrogens is 4. The van der Waals surface area contributed by atoms with E-state index in [-0.39, 0.29) is 30.2 Å². The fourth-order valence-corrected chi connectivity index (χ4v) is 2.76. The highest BCUT2D eigenvalue weighted by atomic mass is 35.5. The number of halogens is 1. The minimum absolute atomic E-state index is 0.113. The summed E-state index contributed by atoms with van der Waals surface area (Å²) in [5, 5.41) is 3.20. The summed E-state index contributed by atoms with van der Waals surface area (Å²) in [7, 11) is 2.90. The first-order chi connectivity index (χ1) is 12.9. The zero-order valence-corrected chi connectivity index (χ0v) is 15.4. The van der Waals surface area contributed by atoms with Gasteiger partial charge in [-0.25, -0.2) is 9.78 Å². The lowest BCUT2D eigenvalue weighted by atomic mass is 10.2. The summed E-state index contributed by atoms with van der Waals surface area (Å²) in [6, 6.07) is 7.16. The summed E-state index contributed by atoms with van der Waals surface area (Å²) in [5.74, 6) is 5.37. The molecule has 8 nitrogen and oxygen atoms in total. The Labute approximate surface area is 159 Å². The van der Waals surface area contributed by atoms with Crippen LogP contribution >= 0.6 is 11.6 Å². The normalized spacial score (nSPS) is 10.5. The molecule has 9 heteroatoms. The first kappa shape index (κ1) is 18.5. The lowest BCUT2D eigenvalue weighted by Crippen LogP contribution is -2.38. The maximum atomic E-state index is 12.3. The van der Waals surface area contributed by atoms with Crippen LogP contribution in [0, 0.1) is 11.8 Å². The molecule has 0 saturated carbocycles. The first-order valence-corrected chi connectivity index (χ1v) is 8.39. The number of hydrogen-bond donors (Lipinski definition) is 1. The zero-order chi connectivity index (χ0) is 19.6. The van der Waals surface area contributed by atoms with Crippen molar-refractivity contribution in [1.29, 1.82) is 0 Å². The average Bonchev–Trinajstić information content (AvgIpc) is 3.06. The summed E-state index contributed by atoms with van der Waals surface area (Å²) in [6.07, 6.45) is 1.36. The number of benzene rings is 1. The molecular weight excluding hydrogens is 370 g/mol. The van der Waals surface area contributed by atoms with E-state index in [0.29, 0.717) is 10.6 Å². The van der Waals surface area contributed by atoms with Gasteiger partial charge >= 0.3 is 5.69 Å². The molecule has 27 heavy (non-hydrogen) atoms. The van der Waals surface area contributed by atoms with Gasteiger partial charge in [0, 0.05) is 19.7 Å². The molecule has 0 bridgehead atoms. The lowest BCUT2D eigenvalue weighted by Gasteiger charge is -2.06. The molecule has 1 N–H and O–H groups in total. The fourth-order valence-electron chi connectivity index (χ4n) is 2.57. The summed E-state index contributed by atoms with van der Waals surface area (Å²) in [5.41, 5.74) is 0.124. The molecule has 138 valence electrons. The monoisotopic (exact) mass is 385 g/mol. The molecule has 0 spiro atoms. The first-order valence-electron chi connectivity index (χ1n) is 8.01. The summed E-state index contributed by atoms with van der Waals surface area (Å²) in [4.78, 5) is 40.5. The van der Waals surface area contributed by atoms with Gasteiger partial charge in [0.1, 0.15) is 6.54 Å². The van der Waals surface area contributed by atoms with Crippen molar-refractivity contribution in [1.82, 2.24) is 24.0 Å². The second-order valence-electron chi connectivity index (χ2n) is 5.81. The van der Waals surface area contributed by atoms with Crippen LogP contribution in [0.2, 0.25) is 5.02 Å². The maximum absolute atomic E-state index is 12.3. The number of amides is 1. The van der Waals surface area contributed by atoms with Gasteiger partial charge in [-0.1, -0.05) is 35.6 Å². The smallest absolute Gasteiger partial charge is 0.332 e. The Bertz CT molecular complexity index is 1210. The van der Waals surface area contributed by atoms with E-state index >= 15 is 0 Å². The molecule has 0 unspecified atom stereocenters. The predicted molar refractivity (Wildman–Crippen MR) is 102 cm³/mol.